The van der Waals surface area contributed by atoms with E-state index in [9.17, 15) is 5.11 Å². The quantitative estimate of drug-likeness (QED) is 0.789. The van der Waals surface area contributed by atoms with Crippen LogP contribution >= 0.6 is 0 Å². The molecule has 0 amide bonds. The van der Waals surface area contributed by atoms with Gasteiger partial charge in [-0.3, -0.25) is 4.90 Å². The minimum absolute atomic E-state index is 0.266. The van der Waals surface area contributed by atoms with Gasteiger partial charge in [0.1, 0.15) is 0 Å². The smallest absolute Gasteiger partial charge is 0.0706 e. The van der Waals surface area contributed by atoms with Crippen LogP contribution in [0, 0.1) is 5.92 Å². The second kappa shape index (κ2) is 6.53. The molecule has 2 N–H and O–H groups in total. The summed E-state index contributed by atoms with van der Waals surface area (Å²) in [4.78, 5) is 2.54. The standard InChI is InChI=1S/C15H30N2O2/c1-12(2)16-7-9-17-8-4-5-14(17)13-11-19-10-6-15(13,3)18/h12-14,16,18H,4-11H2,1-3H3. The minimum Gasteiger partial charge on any atom is -0.390 e. The molecule has 0 aromatic rings. The van der Waals surface area contributed by atoms with Crippen molar-refractivity contribution in [2.75, 3.05) is 32.8 Å². The molecule has 2 rings (SSSR count). The lowest BCUT2D eigenvalue weighted by atomic mass is 9.79. The van der Waals surface area contributed by atoms with E-state index in [0.29, 0.717) is 25.3 Å². The van der Waals surface area contributed by atoms with Crippen LogP contribution in [0.25, 0.3) is 0 Å². The minimum atomic E-state index is -0.559. The summed E-state index contributed by atoms with van der Waals surface area (Å²) in [5.41, 5.74) is -0.559. The average molecular weight is 270 g/mol. The van der Waals surface area contributed by atoms with Crippen molar-refractivity contribution in [3.8, 4) is 0 Å². The molecule has 0 aromatic heterocycles. The van der Waals surface area contributed by atoms with E-state index in [-0.39, 0.29) is 5.92 Å². The molecular weight excluding hydrogens is 240 g/mol. The molecule has 0 saturated carbocycles. The van der Waals surface area contributed by atoms with Gasteiger partial charge in [0.25, 0.3) is 0 Å². The van der Waals surface area contributed by atoms with Crippen molar-refractivity contribution in [2.24, 2.45) is 5.92 Å². The fraction of sp³-hybridized carbons (Fsp3) is 1.00. The maximum atomic E-state index is 10.6. The van der Waals surface area contributed by atoms with Crippen LogP contribution in [0.4, 0.5) is 0 Å². The molecule has 0 aliphatic carbocycles. The summed E-state index contributed by atoms with van der Waals surface area (Å²) in [5, 5.41) is 14.1. The van der Waals surface area contributed by atoms with Crippen LogP contribution in [-0.4, -0.2) is 60.5 Å². The van der Waals surface area contributed by atoms with Gasteiger partial charge in [0.15, 0.2) is 0 Å². The second-order valence-corrected chi connectivity index (χ2v) is 6.64. The van der Waals surface area contributed by atoms with Crippen molar-refractivity contribution < 1.29 is 9.84 Å². The van der Waals surface area contributed by atoms with Gasteiger partial charge < -0.3 is 15.2 Å². The second-order valence-electron chi connectivity index (χ2n) is 6.64. The Balaban J connectivity index is 1.90. The highest BCUT2D eigenvalue weighted by Crippen LogP contribution is 2.35. The van der Waals surface area contributed by atoms with Gasteiger partial charge in [-0.05, 0) is 32.7 Å². The van der Waals surface area contributed by atoms with Gasteiger partial charge in [0, 0.05) is 37.7 Å². The zero-order valence-corrected chi connectivity index (χ0v) is 12.7. The molecule has 0 radical (unpaired) electrons. The zero-order valence-electron chi connectivity index (χ0n) is 12.7. The van der Waals surface area contributed by atoms with Crippen molar-refractivity contribution in [2.45, 2.75) is 57.7 Å². The summed E-state index contributed by atoms with van der Waals surface area (Å²) in [6, 6.07) is 1.03. The van der Waals surface area contributed by atoms with E-state index < -0.39 is 5.60 Å². The van der Waals surface area contributed by atoms with E-state index in [0.717, 1.165) is 26.1 Å². The Morgan fingerprint density at radius 1 is 1.47 bits per heavy atom. The predicted octanol–water partition coefficient (Wildman–Crippen LogP) is 1.24. The molecular formula is C15H30N2O2. The van der Waals surface area contributed by atoms with Gasteiger partial charge in [-0.2, -0.15) is 0 Å². The number of nitrogens with zero attached hydrogens (tertiary/aromatic N) is 1. The van der Waals surface area contributed by atoms with Crippen LogP contribution in [0.3, 0.4) is 0 Å². The maximum Gasteiger partial charge on any atom is 0.0706 e. The van der Waals surface area contributed by atoms with Gasteiger partial charge in [0.05, 0.1) is 12.2 Å². The maximum absolute atomic E-state index is 10.6. The first-order chi connectivity index (χ1) is 9.00. The molecule has 2 saturated heterocycles. The lowest BCUT2D eigenvalue weighted by molar-refractivity contribution is -0.122. The Kier molecular flexibility index (Phi) is 5.23. The van der Waals surface area contributed by atoms with E-state index in [1.54, 1.807) is 0 Å². The Hall–Kier alpha value is -0.160. The van der Waals surface area contributed by atoms with Crippen LogP contribution in [0.15, 0.2) is 0 Å². The fourth-order valence-electron chi connectivity index (χ4n) is 3.46. The molecule has 19 heavy (non-hydrogen) atoms. The largest absolute Gasteiger partial charge is 0.390 e. The zero-order chi connectivity index (χ0) is 13.9. The monoisotopic (exact) mass is 270 g/mol. The lowest BCUT2D eigenvalue weighted by Gasteiger charge is -2.43. The molecule has 4 nitrogen and oxygen atoms in total. The van der Waals surface area contributed by atoms with Gasteiger partial charge in [0.2, 0.25) is 0 Å². The number of nitrogens with one attached hydrogen (secondary N) is 1. The third-order valence-electron chi connectivity index (χ3n) is 4.68. The number of rotatable bonds is 5. The molecule has 2 aliphatic heterocycles. The highest BCUT2D eigenvalue weighted by molar-refractivity contribution is 4.96. The third-order valence-corrected chi connectivity index (χ3v) is 4.68. The summed E-state index contributed by atoms with van der Waals surface area (Å²) >= 11 is 0. The van der Waals surface area contributed by atoms with E-state index in [2.05, 4.69) is 24.1 Å². The van der Waals surface area contributed by atoms with Crippen molar-refractivity contribution in [1.29, 1.82) is 0 Å². The molecule has 2 aliphatic rings. The molecule has 3 unspecified atom stereocenters. The van der Waals surface area contributed by atoms with E-state index >= 15 is 0 Å². The summed E-state index contributed by atoms with van der Waals surface area (Å²) in [7, 11) is 0. The van der Waals surface area contributed by atoms with Crippen LogP contribution in [0.1, 0.15) is 40.0 Å². The molecule has 0 aromatic carbocycles. The number of likely N-dealkylation sites (tertiary alicyclic amines) is 1. The molecule has 112 valence electrons. The van der Waals surface area contributed by atoms with Crippen LogP contribution in [0.5, 0.6) is 0 Å². The summed E-state index contributed by atoms with van der Waals surface area (Å²) < 4.78 is 5.62. The Bertz CT molecular complexity index is 281. The predicted molar refractivity (Wildman–Crippen MR) is 77.3 cm³/mol. The Morgan fingerprint density at radius 2 is 2.26 bits per heavy atom. The number of hydrogen-bond acceptors (Lipinski definition) is 4. The van der Waals surface area contributed by atoms with Gasteiger partial charge >= 0.3 is 0 Å². The SMILES string of the molecule is CC(C)NCCN1CCCC1C1COCCC1(C)O. The normalized spacial score (nSPS) is 37.1. The molecule has 4 heteroatoms. The van der Waals surface area contributed by atoms with E-state index in [1.165, 1.54) is 12.8 Å². The van der Waals surface area contributed by atoms with Crippen molar-refractivity contribution >= 4 is 0 Å². The lowest BCUT2D eigenvalue weighted by Crippen LogP contribution is -2.53. The highest BCUT2D eigenvalue weighted by Gasteiger charge is 2.43. The summed E-state index contributed by atoms with van der Waals surface area (Å²) in [5.74, 6) is 0.266. The number of ether oxygens (including phenoxy) is 1. The molecule has 2 heterocycles. The fourth-order valence-corrected chi connectivity index (χ4v) is 3.46. The third kappa shape index (κ3) is 3.91. The average Bonchev–Trinajstić information content (AvgIpc) is 2.76. The topological polar surface area (TPSA) is 44.7 Å². The molecule has 0 spiro atoms. The Labute approximate surface area is 117 Å². The first-order valence-corrected chi connectivity index (χ1v) is 7.78. The first kappa shape index (κ1) is 15.2. The number of hydrogen-bond donors (Lipinski definition) is 2. The molecule has 2 fully saturated rings. The number of aliphatic hydroxyl groups is 1. The van der Waals surface area contributed by atoms with Gasteiger partial charge in [-0.1, -0.05) is 13.8 Å². The summed E-state index contributed by atoms with van der Waals surface area (Å²) in [6.07, 6.45) is 3.22. The van der Waals surface area contributed by atoms with Crippen LogP contribution in [0.2, 0.25) is 0 Å². The van der Waals surface area contributed by atoms with E-state index in [1.807, 2.05) is 6.92 Å². The first-order valence-electron chi connectivity index (χ1n) is 7.78. The van der Waals surface area contributed by atoms with Crippen LogP contribution in [-0.2, 0) is 4.74 Å². The van der Waals surface area contributed by atoms with Crippen molar-refractivity contribution in [1.82, 2.24) is 10.2 Å². The summed E-state index contributed by atoms with van der Waals surface area (Å²) in [6.45, 7) is 11.0. The van der Waals surface area contributed by atoms with Crippen LogP contribution < -0.4 is 5.32 Å². The van der Waals surface area contributed by atoms with Crippen molar-refractivity contribution in [3.63, 3.8) is 0 Å². The van der Waals surface area contributed by atoms with Gasteiger partial charge in [-0.15, -0.1) is 0 Å². The van der Waals surface area contributed by atoms with Gasteiger partial charge in [-0.25, -0.2) is 0 Å². The molecule has 0 bridgehead atoms. The van der Waals surface area contributed by atoms with E-state index in [4.69, 9.17) is 4.74 Å². The Morgan fingerprint density at radius 3 is 2.95 bits per heavy atom. The molecule has 3 atom stereocenters. The highest BCUT2D eigenvalue weighted by atomic mass is 16.5. The van der Waals surface area contributed by atoms with Crippen molar-refractivity contribution in [3.05, 3.63) is 0 Å².